The number of carbonyl (C=O) groups excluding carboxylic acids is 1. The van der Waals surface area contributed by atoms with Crippen molar-refractivity contribution in [2.75, 3.05) is 23.9 Å². The van der Waals surface area contributed by atoms with Crippen LogP contribution in [0.5, 0.6) is 5.75 Å². The van der Waals surface area contributed by atoms with Crippen molar-refractivity contribution in [2.45, 2.75) is 18.9 Å². The number of methoxy groups -OCH3 is 1. The minimum absolute atomic E-state index is 0.0284. The largest absolute Gasteiger partial charge is 0.495 e. The van der Waals surface area contributed by atoms with Crippen molar-refractivity contribution >= 4 is 21.6 Å². The van der Waals surface area contributed by atoms with Gasteiger partial charge in [-0.15, -0.1) is 0 Å². The van der Waals surface area contributed by atoms with E-state index in [4.69, 9.17) is 4.74 Å². The third kappa shape index (κ3) is 3.41. The molecule has 1 aromatic rings. The van der Waals surface area contributed by atoms with E-state index in [1.54, 1.807) is 31.2 Å². The topological polar surface area (TPSA) is 84.5 Å². The number of nitrogens with one attached hydrogen (secondary N) is 2. The zero-order valence-corrected chi connectivity index (χ0v) is 12.3. The van der Waals surface area contributed by atoms with Crippen molar-refractivity contribution in [3.8, 4) is 5.75 Å². The molecule has 0 bridgehead atoms. The Morgan fingerprint density at radius 3 is 2.65 bits per heavy atom. The van der Waals surface area contributed by atoms with E-state index in [1.165, 1.54) is 7.11 Å². The standard InChI is InChI=1S/C13H18N2O4S/c1-13(7-8-20(17,18)9-13)15-12(16)14-10-5-3-4-6-11(10)19-2/h3-6H,7-9H2,1-2H3,(H2,14,15,16)/t13-/m1/s1. The lowest BCUT2D eigenvalue weighted by Gasteiger charge is -2.24. The minimum Gasteiger partial charge on any atom is -0.495 e. The van der Waals surface area contributed by atoms with E-state index in [-0.39, 0.29) is 11.5 Å². The molecule has 0 aliphatic carbocycles. The van der Waals surface area contributed by atoms with Gasteiger partial charge in [0.05, 0.1) is 29.8 Å². The molecule has 0 saturated carbocycles. The molecule has 2 N–H and O–H groups in total. The third-order valence-electron chi connectivity index (χ3n) is 3.27. The van der Waals surface area contributed by atoms with Gasteiger partial charge in [0.25, 0.3) is 0 Å². The molecule has 2 rings (SSSR count). The van der Waals surface area contributed by atoms with Crippen LogP contribution in [-0.2, 0) is 9.84 Å². The molecule has 110 valence electrons. The van der Waals surface area contributed by atoms with Gasteiger partial charge in [0, 0.05) is 0 Å². The number of ether oxygens (including phenoxy) is 1. The lowest BCUT2D eigenvalue weighted by atomic mass is 10.0. The monoisotopic (exact) mass is 298 g/mol. The Bertz CT molecular complexity index is 615. The maximum atomic E-state index is 12.0. The molecule has 0 radical (unpaired) electrons. The van der Waals surface area contributed by atoms with Crippen LogP contribution < -0.4 is 15.4 Å². The fourth-order valence-corrected chi connectivity index (χ4v) is 4.38. The Labute approximate surface area is 118 Å². The van der Waals surface area contributed by atoms with Gasteiger partial charge in [-0.25, -0.2) is 13.2 Å². The van der Waals surface area contributed by atoms with Gasteiger partial charge in [0.15, 0.2) is 9.84 Å². The lowest BCUT2D eigenvalue weighted by Crippen LogP contribution is -2.48. The van der Waals surface area contributed by atoms with Gasteiger partial charge in [-0.05, 0) is 25.5 Å². The normalized spacial score (nSPS) is 24.1. The maximum absolute atomic E-state index is 12.0. The number of amides is 2. The summed E-state index contributed by atoms with van der Waals surface area (Å²) in [5.74, 6) is 0.629. The Kier molecular flexibility index (Phi) is 3.89. The summed E-state index contributed by atoms with van der Waals surface area (Å²) in [7, 11) is -1.54. The second-order valence-electron chi connectivity index (χ2n) is 5.18. The Balaban J connectivity index is 2.03. The van der Waals surface area contributed by atoms with Crippen LogP contribution in [0.15, 0.2) is 24.3 Å². The third-order valence-corrected chi connectivity index (χ3v) is 5.18. The van der Waals surface area contributed by atoms with Gasteiger partial charge in [-0.1, -0.05) is 12.1 Å². The highest BCUT2D eigenvalue weighted by molar-refractivity contribution is 7.91. The van der Waals surface area contributed by atoms with Crippen LogP contribution in [0.4, 0.5) is 10.5 Å². The van der Waals surface area contributed by atoms with Crippen molar-refractivity contribution in [1.29, 1.82) is 0 Å². The SMILES string of the molecule is COc1ccccc1NC(=O)N[C@]1(C)CCS(=O)(=O)C1. The van der Waals surface area contributed by atoms with E-state index >= 15 is 0 Å². The highest BCUT2D eigenvalue weighted by Gasteiger charge is 2.39. The van der Waals surface area contributed by atoms with Crippen molar-refractivity contribution in [3.05, 3.63) is 24.3 Å². The molecule has 20 heavy (non-hydrogen) atoms. The second kappa shape index (κ2) is 5.32. The molecule has 0 aromatic heterocycles. The van der Waals surface area contributed by atoms with Crippen LogP contribution in [0.1, 0.15) is 13.3 Å². The first-order valence-corrected chi connectivity index (χ1v) is 8.08. The van der Waals surface area contributed by atoms with Gasteiger partial charge >= 0.3 is 6.03 Å². The predicted octanol–water partition coefficient (Wildman–Crippen LogP) is 1.39. The fraction of sp³-hybridized carbons (Fsp3) is 0.462. The van der Waals surface area contributed by atoms with Crippen molar-refractivity contribution in [1.82, 2.24) is 5.32 Å². The van der Waals surface area contributed by atoms with E-state index < -0.39 is 21.4 Å². The molecule has 1 fully saturated rings. The molecule has 1 aliphatic rings. The Morgan fingerprint density at radius 1 is 1.35 bits per heavy atom. The summed E-state index contributed by atoms with van der Waals surface area (Å²) in [5.41, 5.74) is -0.178. The summed E-state index contributed by atoms with van der Waals surface area (Å²) in [4.78, 5) is 12.0. The molecule has 1 saturated heterocycles. The maximum Gasteiger partial charge on any atom is 0.319 e. The first-order chi connectivity index (χ1) is 9.34. The van der Waals surface area contributed by atoms with Crippen LogP contribution in [0.25, 0.3) is 0 Å². The van der Waals surface area contributed by atoms with Gasteiger partial charge in [0.2, 0.25) is 0 Å². The van der Waals surface area contributed by atoms with Crippen molar-refractivity contribution in [3.63, 3.8) is 0 Å². The molecular formula is C13H18N2O4S. The van der Waals surface area contributed by atoms with E-state index in [0.717, 1.165) is 0 Å². The highest BCUT2D eigenvalue weighted by Crippen LogP contribution is 2.25. The number of hydrogen-bond donors (Lipinski definition) is 2. The molecule has 0 unspecified atom stereocenters. The number of hydrogen-bond acceptors (Lipinski definition) is 4. The molecule has 1 aromatic carbocycles. The average Bonchev–Trinajstić information content (AvgIpc) is 2.63. The lowest BCUT2D eigenvalue weighted by molar-refractivity contribution is 0.242. The first-order valence-electron chi connectivity index (χ1n) is 6.26. The fourth-order valence-electron chi connectivity index (χ4n) is 2.28. The second-order valence-corrected chi connectivity index (χ2v) is 7.37. The van der Waals surface area contributed by atoms with Crippen molar-refractivity contribution in [2.24, 2.45) is 0 Å². The van der Waals surface area contributed by atoms with E-state index in [1.807, 2.05) is 0 Å². The van der Waals surface area contributed by atoms with Crippen molar-refractivity contribution < 1.29 is 17.9 Å². The summed E-state index contributed by atoms with van der Waals surface area (Å²) in [5, 5.41) is 5.40. The number of anilines is 1. The van der Waals surface area contributed by atoms with Crippen LogP contribution in [-0.4, -0.2) is 38.6 Å². The smallest absolute Gasteiger partial charge is 0.319 e. The van der Waals surface area contributed by atoms with E-state index in [2.05, 4.69) is 10.6 Å². The van der Waals surface area contributed by atoms with E-state index in [0.29, 0.717) is 17.9 Å². The van der Waals surface area contributed by atoms with Gasteiger partial charge < -0.3 is 15.4 Å². The van der Waals surface area contributed by atoms with Gasteiger partial charge in [0.1, 0.15) is 5.75 Å². The van der Waals surface area contributed by atoms with Crippen LogP contribution in [0.3, 0.4) is 0 Å². The van der Waals surface area contributed by atoms with Crippen LogP contribution in [0.2, 0.25) is 0 Å². The van der Waals surface area contributed by atoms with Gasteiger partial charge in [-0.3, -0.25) is 0 Å². The number of carbonyl (C=O) groups is 1. The number of para-hydroxylation sites is 2. The van der Waals surface area contributed by atoms with Gasteiger partial charge in [-0.2, -0.15) is 0 Å². The summed E-state index contributed by atoms with van der Waals surface area (Å²) < 4.78 is 28.1. The Hall–Kier alpha value is -1.76. The highest BCUT2D eigenvalue weighted by atomic mass is 32.2. The van der Waals surface area contributed by atoms with E-state index in [9.17, 15) is 13.2 Å². The average molecular weight is 298 g/mol. The Morgan fingerprint density at radius 2 is 2.05 bits per heavy atom. The summed E-state index contributed by atoms with van der Waals surface area (Å²) in [6.45, 7) is 1.74. The summed E-state index contributed by atoms with van der Waals surface area (Å²) in [6.07, 6.45) is 0.425. The molecule has 0 spiro atoms. The molecule has 6 nitrogen and oxygen atoms in total. The number of benzene rings is 1. The number of urea groups is 1. The minimum atomic E-state index is -3.05. The number of sulfone groups is 1. The van der Waals surface area contributed by atoms with Crippen LogP contribution in [0, 0.1) is 0 Å². The molecule has 7 heteroatoms. The molecule has 1 heterocycles. The number of rotatable bonds is 3. The first kappa shape index (κ1) is 14.6. The summed E-state index contributed by atoms with van der Waals surface area (Å²) in [6, 6.07) is 6.59. The zero-order valence-electron chi connectivity index (χ0n) is 11.5. The molecule has 1 aliphatic heterocycles. The predicted molar refractivity (Wildman–Crippen MR) is 76.8 cm³/mol. The zero-order chi connectivity index (χ0) is 14.8. The molecular weight excluding hydrogens is 280 g/mol. The van der Waals surface area contributed by atoms with Crippen LogP contribution >= 0.6 is 0 Å². The summed E-state index contributed by atoms with van der Waals surface area (Å²) >= 11 is 0. The quantitative estimate of drug-likeness (QED) is 0.883. The molecule has 1 atom stereocenters. The molecule has 2 amide bonds.